The minimum Gasteiger partial charge on any atom is -0.384 e. The highest BCUT2D eigenvalue weighted by atomic mass is 32.1. The Kier molecular flexibility index (Phi) is 14.9. The molecule has 1 nitrogen and oxygen atoms in total. The average Bonchev–Trinajstić information content (AvgIpc) is 1.93. The number of thiol groups is 1. The molecule has 0 aromatic heterocycles. The van der Waals surface area contributed by atoms with E-state index >= 15 is 0 Å². The standard InChI is InChI=1S/C5H12OS.C2H6/c1-5(4-7)3-6-2;1-2/h5,7H,3-4H2,1-2H3;1-2H3. The van der Waals surface area contributed by atoms with Crippen molar-refractivity contribution in [2.24, 2.45) is 5.92 Å². The molecule has 9 heavy (non-hydrogen) atoms. The third-order valence-corrected chi connectivity index (χ3v) is 1.39. The van der Waals surface area contributed by atoms with E-state index in [4.69, 9.17) is 4.74 Å². The van der Waals surface area contributed by atoms with Gasteiger partial charge in [-0.1, -0.05) is 20.8 Å². The van der Waals surface area contributed by atoms with Crippen molar-refractivity contribution >= 4 is 12.6 Å². The molecule has 58 valence electrons. The smallest absolute Gasteiger partial charge is 0.0495 e. The summed E-state index contributed by atoms with van der Waals surface area (Å²) in [4.78, 5) is 0. The van der Waals surface area contributed by atoms with Crippen LogP contribution in [0.25, 0.3) is 0 Å². The fourth-order valence-corrected chi connectivity index (χ4v) is 0.443. The number of hydrogen-bond donors (Lipinski definition) is 1. The Labute approximate surface area is 64.2 Å². The summed E-state index contributed by atoms with van der Waals surface area (Å²) in [7, 11) is 1.71. The minimum atomic E-state index is 0.591. The zero-order chi connectivity index (χ0) is 7.70. The molecular weight excluding hydrogens is 132 g/mol. The maximum absolute atomic E-state index is 4.85. The lowest BCUT2D eigenvalue weighted by molar-refractivity contribution is 0.168. The van der Waals surface area contributed by atoms with Crippen molar-refractivity contribution in [1.29, 1.82) is 0 Å². The predicted molar refractivity (Wildman–Crippen MR) is 46.2 cm³/mol. The van der Waals surface area contributed by atoms with Crippen molar-refractivity contribution in [3.05, 3.63) is 0 Å². The fraction of sp³-hybridized carbons (Fsp3) is 1.00. The van der Waals surface area contributed by atoms with Crippen LogP contribution in [0.1, 0.15) is 20.8 Å². The molecule has 0 aromatic carbocycles. The van der Waals surface area contributed by atoms with Crippen molar-refractivity contribution in [1.82, 2.24) is 0 Å². The van der Waals surface area contributed by atoms with Gasteiger partial charge in [0.1, 0.15) is 0 Å². The molecule has 1 unspecified atom stereocenters. The molecule has 0 aliphatic rings. The van der Waals surface area contributed by atoms with Gasteiger partial charge in [-0.15, -0.1) is 0 Å². The molecule has 2 heteroatoms. The van der Waals surface area contributed by atoms with E-state index in [1.165, 1.54) is 0 Å². The fourth-order valence-electron chi connectivity index (χ4n) is 0.337. The van der Waals surface area contributed by atoms with Crippen LogP contribution in [0.5, 0.6) is 0 Å². The zero-order valence-corrected chi connectivity index (χ0v) is 7.74. The summed E-state index contributed by atoms with van der Waals surface area (Å²) in [5.74, 6) is 1.50. The molecule has 0 aliphatic heterocycles. The third kappa shape index (κ3) is 11.7. The summed E-state index contributed by atoms with van der Waals surface area (Å²) in [5, 5.41) is 0. The Morgan fingerprint density at radius 2 is 1.89 bits per heavy atom. The van der Waals surface area contributed by atoms with E-state index in [1.54, 1.807) is 7.11 Å². The number of hydrogen-bond acceptors (Lipinski definition) is 2. The van der Waals surface area contributed by atoms with E-state index in [-0.39, 0.29) is 0 Å². The van der Waals surface area contributed by atoms with E-state index in [0.717, 1.165) is 12.4 Å². The van der Waals surface area contributed by atoms with Gasteiger partial charge in [0.15, 0.2) is 0 Å². The lowest BCUT2D eigenvalue weighted by Crippen LogP contribution is -2.03. The highest BCUT2D eigenvalue weighted by molar-refractivity contribution is 7.80. The maximum Gasteiger partial charge on any atom is 0.0495 e. The van der Waals surface area contributed by atoms with E-state index in [1.807, 2.05) is 13.8 Å². The van der Waals surface area contributed by atoms with Crippen LogP contribution in [0, 0.1) is 5.92 Å². The van der Waals surface area contributed by atoms with Gasteiger partial charge < -0.3 is 4.74 Å². The maximum atomic E-state index is 4.85. The Hall–Kier alpha value is 0.310. The number of methoxy groups -OCH3 is 1. The van der Waals surface area contributed by atoms with Crippen molar-refractivity contribution in [3.63, 3.8) is 0 Å². The second-order valence-corrected chi connectivity index (χ2v) is 2.11. The highest BCUT2D eigenvalue weighted by Crippen LogP contribution is 1.95. The summed E-state index contributed by atoms with van der Waals surface area (Å²) < 4.78 is 4.85. The Balaban J connectivity index is 0. The topological polar surface area (TPSA) is 9.23 Å². The van der Waals surface area contributed by atoms with E-state index in [0.29, 0.717) is 5.92 Å². The van der Waals surface area contributed by atoms with E-state index < -0.39 is 0 Å². The molecule has 0 aliphatic carbocycles. The monoisotopic (exact) mass is 150 g/mol. The van der Waals surface area contributed by atoms with E-state index in [9.17, 15) is 0 Å². The van der Waals surface area contributed by atoms with Crippen LogP contribution in [0.2, 0.25) is 0 Å². The summed E-state index contributed by atoms with van der Waals surface area (Å²) >= 11 is 4.07. The second-order valence-electron chi connectivity index (χ2n) is 1.74. The van der Waals surface area contributed by atoms with Gasteiger partial charge >= 0.3 is 0 Å². The van der Waals surface area contributed by atoms with Crippen LogP contribution < -0.4 is 0 Å². The molecule has 1 atom stereocenters. The Morgan fingerprint density at radius 3 is 2.00 bits per heavy atom. The first kappa shape index (κ1) is 12.0. The Bertz CT molecular complexity index is 39.9. The lowest BCUT2D eigenvalue weighted by atomic mass is 10.2. The van der Waals surface area contributed by atoms with Gasteiger partial charge in [-0.2, -0.15) is 12.6 Å². The number of rotatable bonds is 3. The van der Waals surface area contributed by atoms with Crippen molar-refractivity contribution in [2.75, 3.05) is 19.5 Å². The van der Waals surface area contributed by atoms with Crippen LogP contribution >= 0.6 is 12.6 Å². The van der Waals surface area contributed by atoms with Gasteiger partial charge in [-0.25, -0.2) is 0 Å². The molecule has 0 bridgehead atoms. The van der Waals surface area contributed by atoms with Crippen LogP contribution in [0.4, 0.5) is 0 Å². The number of ether oxygens (including phenoxy) is 1. The summed E-state index contributed by atoms with van der Waals surface area (Å²) in [6.07, 6.45) is 0. The average molecular weight is 150 g/mol. The van der Waals surface area contributed by atoms with Crippen LogP contribution in [-0.4, -0.2) is 19.5 Å². The zero-order valence-electron chi connectivity index (χ0n) is 6.85. The molecule has 0 amide bonds. The van der Waals surface area contributed by atoms with Crippen LogP contribution in [-0.2, 0) is 4.74 Å². The molecule has 0 spiro atoms. The van der Waals surface area contributed by atoms with Crippen molar-refractivity contribution in [3.8, 4) is 0 Å². The minimum absolute atomic E-state index is 0.591. The molecule has 0 rings (SSSR count). The summed E-state index contributed by atoms with van der Waals surface area (Å²) in [6.45, 7) is 6.93. The van der Waals surface area contributed by atoms with Gasteiger partial charge in [-0.05, 0) is 11.7 Å². The normalized spacial score (nSPS) is 11.7. The summed E-state index contributed by atoms with van der Waals surface area (Å²) in [5.41, 5.74) is 0. The van der Waals surface area contributed by atoms with Crippen molar-refractivity contribution < 1.29 is 4.74 Å². The van der Waals surface area contributed by atoms with Crippen molar-refractivity contribution in [2.45, 2.75) is 20.8 Å². The van der Waals surface area contributed by atoms with Gasteiger partial charge in [0.2, 0.25) is 0 Å². The second kappa shape index (κ2) is 11.2. The first-order valence-corrected chi connectivity index (χ1v) is 4.04. The molecule has 0 N–H and O–H groups in total. The van der Waals surface area contributed by atoms with Crippen LogP contribution in [0.15, 0.2) is 0 Å². The first-order chi connectivity index (χ1) is 4.31. The largest absolute Gasteiger partial charge is 0.384 e. The first-order valence-electron chi connectivity index (χ1n) is 3.41. The SMILES string of the molecule is CC.COCC(C)CS. The predicted octanol–water partition coefficient (Wildman–Crippen LogP) is 2.22. The van der Waals surface area contributed by atoms with Crippen LogP contribution in [0.3, 0.4) is 0 Å². The molecule has 0 saturated heterocycles. The van der Waals surface area contributed by atoms with Gasteiger partial charge in [0, 0.05) is 13.7 Å². The van der Waals surface area contributed by atoms with E-state index in [2.05, 4.69) is 19.6 Å². The van der Waals surface area contributed by atoms with Gasteiger partial charge in [0.05, 0.1) is 0 Å². The quantitative estimate of drug-likeness (QED) is 0.607. The van der Waals surface area contributed by atoms with Gasteiger partial charge in [0.25, 0.3) is 0 Å². The molecule has 0 aromatic rings. The lowest BCUT2D eigenvalue weighted by Gasteiger charge is -2.02. The molecule has 0 radical (unpaired) electrons. The van der Waals surface area contributed by atoms with Gasteiger partial charge in [-0.3, -0.25) is 0 Å². The molecule has 0 saturated carbocycles. The molecule has 0 heterocycles. The Morgan fingerprint density at radius 1 is 1.44 bits per heavy atom. The highest BCUT2D eigenvalue weighted by Gasteiger charge is 1.93. The molecule has 0 fully saturated rings. The summed E-state index contributed by atoms with van der Waals surface area (Å²) in [6, 6.07) is 0. The molecular formula is C7H18OS. The third-order valence-electron chi connectivity index (χ3n) is 0.763.